The lowest BCUT2D eigenvalue weighted by Crippen LogP contribution is -3.13. The molecule has 0 amide bonds. The number of likely N-dealkylation sites (N-methyl/N-ethyl adjacent to an activating group) is 1. The number of carboxylic acid groups (broad SMARTS) is 1. The maximum Gasteiger partial charge on any atom is 0.125 e. The molecule has 0 spiro atoms. The molecular weight excluding hydrogens is 178 g/mol. The molecule has 0 aliphatic heterocycles. The number of nitrogens with one attached hydrogen (secondary N) is 1. The van der Waals surface area contributed by atoms with Gasteiger partial charge in [0.25, 0.3) is 0 Å². The van der Waals surface area contributed by atoms with E-state index < -0.39 is 12.0 Å². The van der Waals surface area contributed by atoms with Crippen LogP contribution in [0, 0.1) is 0 Å². The van der Waals surface area contributed by atoms with E-state index in [-0.39, 0.29) is 0 Å². The highest BCUT2D eigenvalue weighted by atomic mass is 16.4. The molecule has 1 unspecified atom stereocenters. The Morgan fingerprint density at radius 3 is 2.50 bits per heavy atom. The average molecular weight is 193 g/mol. The highest BCUT2D eigenvalue weighted by Gasteiger charge is 2.13. The van der Waals surface area contributed by atoms with E-state index >= 15 is 0 Å². The van der Waals surface area contributed by atoms with Crippen LogP contribution in [0.15, 0.2) is 30.3 Å². The minimum atomic E-state index is -1.00. The molecule has 0 saturated heterocycles. The normalized spacial score (nSPS) is 14.7. The van der Waals surface area contributed by atoms with E-state index in [1.54, 1.807) is 6.92 Å². The lowest BCUT2D eigenvalue weighted by Gasteiger charge is -2.22. The summed E-state index contributed by atoms with van der Waals surface area (Å²) in [4.78, 5) is 11.5. The molecule has 3 heteroatoms. The van der Waals surface area contributed by atoms with E-state index in [0.29, 0.717) is 6.54 Å². The third-order valence-corrected chi connectivity index (χ3v) is 2.42. The summed E-state index contributed by atoms with van der Waals surface area (Å²) in [6, 6.07) is 9.35. The maximum atomic E-state index is 10.6. The molecule has 1 aromatic carbocycles. The number of rotatable bonds is 4. The van der Waals surface area contributed by atoms with Crippen molar-refractivity contribution in [1.82, 2.24) is 0 Å². The van der Waals surface area contributed by atoms with Crippen LogP contribution in [0.5, 0.6) is 0 Å². The van der Waals surface area contributed by atoms with Gasteiger partial charge in [-0.2, -0.15) is 0 Å². The zero-order valence-corrected chi connectivity index (χ0v) is 8.49. The minimum absolute atomic E-state index is 0.477. The van der Waals surface area contributed by atoms with Crippen LogP contribution in [0.2, 0.25) is 0 Å². The van der Waals surface area contributed by atoms with Crippen molar-refractivity contribution >= 4 is 5.97 Å². The second-order valence-corrected chi connectivity index (χ2v) is 3.55. The fraction of sp³-hybridized carbons (Fsp3) is 0.364. The van der Waals surface area contributed by atoms with E-state index in [1.807, 2.05) is 37.4 Å². The fourth-order valence-corrected chi connectivity index (χ4v) is 1.27. The third-order valence-electron chi connectivity index (χ3n) is 2.42. The monoisotopic (exact) mass is 193 g/mol. The number of hydrogen-bond acceptors (Lipinski definition) is 2. The van der Waals surface area contributed by atoms with Crippen molar-refractivity contribution in [2.45, 2.75) is 19.5 Å². The SMILES string of the molecule is C[C@H](C(=O)[O-])[NH+](C)Cc1ccccc1. The lowest BCUT2D eigenvalue weighted by atomic mass is 10.2. The standard InChI is InChI=1S/C11H15NO2/c1-9(11(13)14)12(2)8-10-6-4-3-5-7-10/h3-7,9H,8H2,1-2H3,(H,13,14)/t9-/m1/s1. The van der Waals surface area contributed by atoms with Gasteiger partial charge in [0.15, 0.2) is 0 Å². The molecule has 1 aromatic rings. The molecule has 0 fully saturated rings. The average Bonchev–Trinajstić information content (AvgIpc) is 2.18. The molecule has 0 heterocycles. The van der Waals surface area contributed by atoms with Crippen LogP contribution in [0.1, 0.15) is 12.5 Å². The summed E-state index contributed by atoms with van der Waals surface area (Å²) < 4.78 is 0. The molecule has 1 rings (SSSR count). The second kappa shape index (κ2) is 4.77. The molecule has 14 heavy (non-hydrogen) atoms. The van der Waals surface area contributed by atoms with Crippen LogP contribution in [0.4, 0.5) is 0 Å². The van der Waals surface area contributed by atoms with Gasteiger partial charge in [-0.3, -0.25) is 0 Å². The van der Waals surface area contributed by atoms with Gasteiger partial charge in [0.2, 0.25) is 0 Å². The van der Waals surface area contributed by atoms with Gasteiger partial charge in [-0.25, -0.2) is 0 Å². The zero-order valence-electron chi connectivity index (χ0n) is 8.49. The molecular formula is C11H15NO2. The Labute approximate surface area is 84.0 Å². The maximum absolute atomic E-state index is 10.6. The van der Waals surface area contributed by atoms with Gasteiger partial charge in [0.05, 0.1) is 13.0 Å². The molecule has 0 aliphatic carbocycles. The molecule has 0 bridgehead atoms. The van der Waals surface area contributed by atoms with Crippen molar-refractivity contribution in [2.24, 2.45) is 0 Å². The molecule has 0 aliphatic rings. The van der Waals surface area contributed by atoms with Gasteiger partial charge in [-0.15, -0.1) is 0 Å². The van der Waals surface area contributed by atoms with Crippen LogP contribution >= 0.6 is 0 Å². The topological polar surface area (TPSA) is 44.6 Å². The first-order chi connectivity index (χ1) is 6.61. The molecule has 3 nitrogen and oxygen atoms in total. The Morgan fingerprint density at radius 1 is 1.43 bits per heavy atom. The Kier molecular flexibility index (Phi) is 3.65. The Balaban J connectivity index is 2.57. The van der Waals surface area contributed by atoms with Gasteiger partial charge in [-0.05, 0) is 6.92 Å². The lowest BCUT2D eigenvalue weighted by molar-refractivity contribution is -0.910. The molecule has 0 aromatic heterocycles. The van der Waals surface area contributed by atoms with Crippen LogP contribution in [0.3, 0.4) is 0 Å². The van der Waals surface area contributed by atoms with Crippen molar-refractivity contribution in [3.8, 4) is 0 Å². The van der Waals surface area contributed by atoms with Gasteiger partial charge in [0.1, 0.15) is 12.6 Å². The summed E-state index contributed by atoms with van der Waals surface area (Å²) >= 11 is 0. The second-order valence-electron chi connectivity index (χ2n) is 3.55. The fourth-order valence-electron chi connectivity index (χ4n) is 1.27. The van der Waals surface area contributed by atoms with E-state index in [9.17, 15) is 9.90 Å². The highest BCUT2D eigenvalue weighted by molar-refractivity contribution is 5.68. The molecule has 0 saturated carbocycles. The Bertz CT molecular complexity index is 297. The quantitative estimate of drug-likeness (QED) is 0.655. The van der Waals surface area contributed by atoms with Gasteiger partial charge in [0, 0.05) is 5.56 Å². The Morgan fingerprint density at radius 2 is 2.00 bits per heavy atom. The predicted molar refractivity (Wildman–Crippen MR) is 51.5 cm³/mol. The van der Waals surface area contributed by atoms with Crippen LogP contribution in [-0.4, -0.2) is 19.1 Å². The molecule has 76 valence electrons. The summed E-state index contributed by atoms with van der Waals surface area (Å²) in [5.74, 6) is -1.00. The number of aliphatic carboxylic acids is 1. The smallest absolute Gasteiger partial charge is 0.125 e. The number of benzene rings is 1. The summed E-state index contributed by atoms with van der Waals surface area (Å²) in [7, 11) is 1.85. The zero-order chi connectivity index (χ0) is 10.6. The Hall–Kier alpha value is -1.35. The van der Waals surface area contributed by atoms with Crippen molar-refractivity contribution in [3.05, 3.63) is 35.9 Å². The summed E-state index contributed by atoms with van der Waals surface area (Å²) in [5, 5.41) is 10.6. The van der Waals surface area contributed by atoms with E-state index in [2.05, 4.69) is 0 Å². The summed E-state index contributed by atoms with van der Waals surface area (Å²) in [6.45, 7) is 2.36. The van der Waals surface area contributed by atoms with E-state index in [4.69, 9.17) is 0 Å². The van der Waals surface area contributed by atoms with E-state index in [0.717, 1.165) is 10.5 Å². The van der Waals surface area contributed by atoms with Gasteiger partial charge >= 0.3 is 0 Å². The number of hydrogen-bond donors (Lipinski definition) is 1. The number of quaternary nitrogens is 1. The third kappa shape index (κ3) is 2.85. The first-order valence-corrected chi connectivity index (χ1v) is 4.68. The van der Waals surface area contributed by atoms with Crippen LogP contribution in [-0.2, 0) is 11.3 Å². The van der Waals surface area contributed by atoms with Crippen molar-refractivity contribution in [1.29, 1.82) is 0 Å². The van der Waals surface area contributed by atoms with E-state index in [1.165, 1.54) is 0 Å². The number of carbonyl (C=O) groups is 1. The number of carboxylic acids is 1. The van der Waals surface area contributed by atoms with Crippen LogP contribution < -0.4 is 10.0 Å². The van der Waals surface area contributed by atoms with Crippen molar-refractivity contribution in [3.63, 3.8) is 0 Å². The number of carbonyl (C=O) groups excluding carboxylic acids is 1. The molecule has 0 radical (unpaired) electrons. The first kappa shape index (κ1) is 10.7. The first-order valence-electron chi connectivity index (χ1n) is 4.68. The molecule has 2 atom stereocenters. The molecule has 1 N–H and O–H groups in total. The predicted octanol–water partition coefficient (Wildman–Crippen LogP) is -1.16. The van der Waals surface area contributed by atoms with Gasteiger partial charge in [-0.1, -0.05) is 30.3 Å². The van der Waals surface area contributed by atoms with Gasteiger partial charge < -0.3 is 14.8 Å². The van der Waals surface area contributed by atoms with Crippen molar-refractivity contribution in [2.75, 3.05) is 7.05 Å². The largest absolute Gasteiger partial charge is 0.544 e. The minimum Gasteiger partial charge on any atom is -0.544 e. The summed E-state index contributed by atoms with van der Waals surface area (Å²) in [6.07, 6.45) is 0. The highest BCUT2D eigenvalue weighted by Crippen LogP contribution is 1.95. The van der Waals surface area contributed by atoms with Crippen molar-refractivity contribution < 1.29 is 14.8 Å². The summed E-state index contributed by atoms with van der Waals surface area (Å²) in [5.41, 5.74) is 1.14. The van der Waals surface area contributed by atoms with Crippen LogP contribution in [0.25, 0.3) is 0 Å².